The standard InChI is InChI=1S/C19H28N2O5S/c1-5-25-18(23)15-13(4)16(19(24)26-6-2)27-17(15)20-14(22)11-21-10-8-7-9-12(21)3/h12H,5-11H2,1-4H3,(H,20,22)/p+1. The monoisotopic (exact) mass is 397 g/mol. The molecule has 2 rings (SSSR count). The number of carbonyl (C=O) groups is 3. The van der Waals surface area contributed by atoms with Gasteiger partial charge in [-0.05, 0) is 52.5 Å². The van der Waals surface area contributed by atoms with Gasteiger partial charge in [0, 0.05) is 0 Å². The quantitative estimate of drug-likeness (QED) is 0.686. The lowest BCUT2D eigenvalue weighted by molar-refractivity contribution is -0.920. The van der Waals surface area contributed by atoms with Gasteiger partial charge in [-0.25, -0.2) is 9.59 Å². The predicted octanol–water partition coefficient (Wildman–Crippen LogP) is 1.81. The van der Waals surface area contributed by atoms with Crippen LogP contribution in [0.4, 0.5) is 5.00 Å². The van der Waals surface area contributed by atoms with Crippen molar-refractivity contribution in [1.29, 1.82) is 0 Å². The molecule has 0 aromatic carbocycles. The fourth-order valence-electron chi connectivity index (χ4n) is 3.33. The summed E-state index contributed by atoms with van der Waals surface area (Å²) in [4.78, 5) is 38.7. The molecular weight excluding hydrogens is 368 g/mol. The first-order valence-electron chi connectivity index (χ1n) is 9.51. The van der Waals surface area contributed by atoms with Crippen molar-refractivity contribution in [3.8, 4) is 0 Å². The lowest BCUT2D eigenvalue weighted by atomic mass is 10.0. The van der Waals surface area contributed by atoms with E-state index in [2.05, 4.69) is 12.2 Å². The molecule has 27 heavy (non-hydrogen) atoms. The minimum absolute atomic E-state index is 0.166. The molecule has 150 valence electrons. The third kappa shape index (κ3) is 5.29. The molecule has 1 aromatic rings. The largest absolute Gasteiger partial charge is 0.462 e. The molecule has 1 saturated heterocycles. The fraction of sp³-hybridized carbons (Fsp3) is 0.632. The van der Waals surface area contributed by atoms with Crippen molar-refractivity contribution in [2.75, 3.05) is 31.6 Å². The lowest BCUT2D eigenvalue weighted by Crippen LogP contribution is -3.17. The van der Waals surface area contributed by atoms with Gasteiger partial charge < -0.3 is 19.7 Å². The average Bonchev–Trinajstić information content (AvgIpc) is 2.93. The Morgan fingerprint density at radius 1 is 1.15 bits per heavy atom. The maximum Gasteiger partial charge on any atom is 0.348 e. The van der Waals surface area contributed by atoms with Gasteiger partial charge in [0.05, 0.1) is 31.4 Å². The normalized spacial score (nSPS) is 19.4. The highest BCUT2D eigenvalue weighted by molar-refractivity contribution is 7.18. The number of thiophene rings is 1. The van der Waals surface area contributed by atoms with Gasteiger partial charge in [0.25, 0.3) is 5.91 Å². The second-order valence-electron chi connectivity index (χ2n) is 6.73. The van der Waals surface area contributed by atoms with Crippen LogP contribution in [0.2, 0.25) is 0 Å². The van der Waals surface area contributed by atoms with Crippen molar-refractivity contribution in [3.63, 3.8) is 0 Å². The number of esters is 2. The molecule has 0 bridgehead atoms. The summed E-state index contributed by atoms with van der Waals surface area (Å²) in [5, 5.41) is 3.18. The first kappa shape index (κ1) is 21.4. The van der Waals surface area contributed by atoms with Gasteiger partial charge >= 0.3 is 11.9 Å². The molecule has 0 saturated carbocycles. The first-order chi connectivity index (χ1) is 12.9. The van der Waals surface area contributed by atoms with E-state index in [0.29, 0.717) is 28.0 Å². The summed E-state index contributed by atoms with van der Waals surface area (Å²) in [5.41, 5.74) is 0.714. The number of carbonyl (C=O) groups excluding carboxylic acids is 3. The number of quaternary nitrogens is 1. The summed E-state index contributed by atoms with van der Waals surface area (Å²) in [6.45, 7) is 9.02. The molecule has 8 heteroatoms. The third-order valence-electron chi connectivity index (χ3n) is 4.81. The number of likely N-dealkylation sites (tertiary alicyclic amines) is 1. The van der Waals surface area contributed by atoms with Gasteiger partial charge in [-0.15, -0.1) is 11.3 Å². The second kappa shape index (κ2) is 9.85. The lowest BCUT2D eigenvalue weighted by Gasteiger charge is -2.29. The van der Waals surface area contributed by atoms with Crippen LogP contribution in [0, 0.1) is 6.92 Å². The molecule has 0 radical (unpaired) electrons. The smallest absolute Gasteiger partial charge is 0.348 e. The zero-order valence-corrected chi connectivity index (χ0v) is 17.3. The van der Waals surface area contributed by atoms with Gasteiger partial charge in [-0.1, -0.05) is 0 Å². The molecule has 2 heterocycles. The number of amides is 1. The van der Waals surface area contributed by atoms with E-state index in [-0.39, 0.29) is 24.7 Å². The highest BCUT2D eigenvalue weighted by Gasteiger charge is 2.29. The maximum atomic E-state index is 12.6. The van der Waals surface area contributed by atoms with Gasteiger partial charge in [0.2, 0.25) is 0 Å². The summed E-state index contributed by atoms with van der Waals surface area (Å²) in [7, 11) is 0. The van der Waals surface area contributed by atoms with Crippen molar-refractivity contribution in [2.45, 2.75) is 53.0 Å². The van der Waals surface area contributed by atoms with E-state index in [1.54, 1.807) is 20.8 Å². The van der Waals surface area contributed by atoms with Gasteiger partial charge in [0.1, 0.15) is 9.88 Å². The van der Waals surface area contributed by atoms with Crippen molar-refractivity contribution >= 4 is 34.2 Å². The van der Waals surface area contributed by atoms with Crippen LogP contribution in [-0.4, -0.2) is 50.2 Å². The molecule has 1 aromatic heterocycles. The average molecular weight is 398 g/mol. The van der Waals surface area contributed by atoms with Crippen LogP contribution in [0.15, 0.2) is 0 Å². The molecule has 0 aliphatic carbocycles. The molecule has 2 unspecified atom stereocenters. The Morgan fingerprint density at radius 2 is 1.81 bits per heavy atom. The highest BCUT2D eigenvalue weighted by Crippen LogP contribution is 2.34. The SMILES string of the molecule is CCOC(=O)c1sc(NC(=O)C[NH+]2CCCCC2C)c(C(=O)OCC)c1C. The predicted molar refractivity (Wildman–Crippen MR) is 104 cm³/mol. The Hall–Kier alpha value is -1.93. The van der Waals surface area contributed by atoms with E-state index >= 15 is 0 Å². The molecule has 0 spiro atoms. The molecule has 2 atom stereocenters. The Balaban J connectivity index is 2.22. The van der Waals surface area contributed by atoms with E-state index < -0.39 is 11.9 Å². The molecular formula is C19H29N2O5S+. The maximum absolute atomic E-state index is 12.6. The summed E-state index contributed by atoms with van der Waals surface area (Å²) in [6, 6.07) is 0.439. The van der Waals surface area contributed by atoms with E-state index in [1.165, 1.54) is 11.3 Å². The zero-order valence-electron chi connectivity index (χ0n) is 16.5. The van der Waals surface area contributed by atoms with E-state index in [9.17, 15) is 14.4 Å². The fourth-order valence-corrected chi connectivity index (χ4v) is 4.44. The molecule has 2 N–H and O–H groups in total. The Bertz CT molecular complexity index is 701. The number of ether oxygens (including phenoxy) is 2. The van der Waals surface area contributed by atoms with Gasteiger partial charge in [-0.3, -0.25) is 4.79 Å². The topological polar surface area (TPSA) is 86.1 Å². The van der Waals surface area contributed by atoms with E-state index in [0.717, 1.165) is 30.7 Å². The highest BCUT2D eigenvalue weighted by atomic mass is 32.1. The van der Waals surface area contributed by atoms with Crippen LogP contribution in [0.3, 0.4) is 0 Å². The Labute approximate surface area is 164 Å². The van der Waals surface area contributed by atoms with Crippen molar-refractivity contribution in [2.24, 2.45) is 0 Å². The van der Waals surface area contributed by atoms with Crippen molar-refractivity contribution in [1.82, 2.24) is 0 Å². The molecule has 7 nitrogen and oxygen atoms in total. The summed E-state index contributed by atoms with van der Waals surface area (Å²) in [5.74, 6) is -1.21. The van der Waals surface area contributed by atoms with Crippen LogP contribution >= 0.6 is 11.3 Å². The van der Waals surface area contributed by atoms with Crippen LogP contribution in [0.5, 0.6) is 0 Å². The number of hydrogen-bond acceptors (Lipinski definition) is 6. The van der Waals surface area contributed by atoms with Crippen LogP contribution < -0.4 is 10.2 Å². The number of anilines is 1. The summed E-state index contributed by atoms with van der Waals surface area (Å²) in [6.07, 6.45) is 3.43. The molecule has 1 fully saturated rings. The number of piperidine rings is 1. The summed E-state index contributed by atoms with van der Waals surface area (Å²) >= 11 is 1.06. The van der Waals surface area contributed by atoms with Crippen molar-refractivity contribution in [3.05, 3.63) is 16.0 Å². The Morgan fingerprint density at radius 3 is 2.44 bits per heavy atom. The van der Waals surface area contributed by atoms with Crippen LogP contribution in [-0.2, 0) is 14.3 Å². The minimum atomic E-state index is -0.546. The van der Waals surface area contributed by atoms with E-state index in [4.69, 9.17) is 9.47 Å². The number of nitrogens with one attached hydrogen (secondary N) is 2. The van der Waals surface area contributed by atoms with Gasteiger partial charge in [0.15, 0.2) is 6.54 Å². The Kier molecular flexibility index (Phi) is 7.79. The van der Waals surface area contributed by atoms with Crippen LogP contribution in [0.1, 0.15) is 65.6 Å². The van der Waals surface area contributed by atoms with Crippen molar-refractivity contribution < 1.29 is 28.8 Å². The first-order valence-corrected chi connectivity index (χ1v) is 10.3. The number of rotatable bonds is 7. The number of hydrogen-bond donors (Lipinski definition) is 2. The van der Waals surface area contributed by atoms with Crippen LogP contribution in [0.25, 0.3) is 0 Å². The zero-order chi connectivity index (χ0) is 20.0. The minimum Gasteiger partial charge on any atom is -0.462 e. The molecule has 1 amide bonds. The van der Waals surface area contributed by atoms with E-state index in [1.807, 2.05) is 0 Å². The van der Waals surface area contributed by atoms with Gasteiger partial charge in [-0.2, -0.15) is 0 Å². The molecule has 1 aliphatic rings. The molecule has 1 aliphatic heterocycles. The second-order valence-corrected chi connectivity index (χ2v) is 7.75. The third-order valence-corrected chi connectivity index (χ3v) is 6.00. The summed E-state index contributed by atoms with van der Waals surface area (Å²) < 4.78 is 10.2.